The number of pyridine rings is 4. The van der Waals surface area contributed by atoms with E-state index in [0.29, 0.717) is 86.5 Å². The average molecular weight is 1810 g/mol. The van der Waals surface area contributed by atoms with Gasteiger partial charge in [-0.05, 0) is 203 Å². The molecule has 0 radical (unpaired) electrons. The highest BCUT2D eigenvalue weighted by Gasteiger charge is 2.30. The van der Waals surface area contributed by atoms with Crippen molar-refractivity contribution in [1.29, 1.82) is 10.5 Å². The summed E-state index contributed by atoms with van der Waals surface area (Å²) in [6.45, 7) is 2.70. The van der Waals surface area contributed by atoms with Crippen molar-refractivity contribution in [2.45, 2.75) is 52.6 Å². The van der Waals surface area contributed by atoms with E-state index in [-0.39, 0.29) is 26.9 Å². The van der Waals surface area contributed by atoms with Crippen molar-refractivity contribution in [3.05, 3.63) is 315 Å². The third kappa shape index (κ3) is 16.4. The van der Waals surface area contributed by atoms with E-state index in [0.717, 1.165) is 101 Å². The number of hydrogen-bond acceptors (Lipinski definition) is 16. The quantitative estimate of drug-likeness (QED) is 0.0934. The van der Waals surface area contributed by atoms with Gasteiger partial charge in [0, 0.05) is 86.7 Å². The predicted octanol–water partition coefficient (Wildman–Crippen LogP) is 19.7. The summed E-state index contributed by atoms with van der Waals surface area (Å²) in [7, 11) is -11.4. The number of nitriles is 2. The minimum absolute atomic E-state index is 0.00925. The summed E-state index contributed by atoms with van der Waals surface area (Å²) in [5.74, 6) is 1.17. The standard InChI is InChI=1S/C31H25N3O4S.C25H21N3O2.C19H13BrN2O2S.C13H8BrIN2O2S/c32-21-24-19-23(11-12-30(24)38-25-14-17-37-18-15-25)27-13-16-33-31-28(27)20-29(22-7-3-1-4-8-22)34(31)39(35,36)26-9-5-2-6-10-26;26-16-19-14-18(6-7-24(19)30-20-9-12-29-13-10-20)21-8-11-27-25-22(21)15-23(28-25)17-4-2-1-3-5-17;20-17-11-12-21-19-16(17)13-18(14-7-3-1-4-8-14)22(19)25(23,24)15-9-5-2-6-10-15;14-11-6-7-16-13-10(11)8-12(15)17(13)20(18,19)9-4-2-1-3-5-9/h1-13,16,19-20,25H,14-15,17-18H2;1-8,11,14-15,20H,9-10,12-13H2,(H,27,28);1-13H;1-8H. The number of ether oxygens (including phenoxy) is 4. The summed E-state index contributed by atoms with van der Waals surface area (Å²) >= 11 is 8.91. The number of H-pyrrole nitrogens is 1. The molecule has 8 aromatic heterocycles. The number of nitrogens with one attached hydrogen (secondary N) is 1. The molecule has 0 amide bonds. The molecular formula is C88H67Br2IN10O10S3. The van der Waals surface area contributed by atoms with Gasteiger partial charge >= 0.3 is 0 Å². The Balaban J connectivity index is 0.000000123. The van der Waals surface area contributed by atoms with Gasteiger partial charge in [0.15, 0.2) is 16.9 Å². The molecule has 18 rings (SSSR count). The van der Waals surface area contributed by atoms with Crippen LogP contribution in [0.15, 0.2) is 315 Å². The molecular weight excluding hydrogens is 1740 g/mol. The lowest BCUT2D eigenvalue weighted by atomic mass is 10.0. The second-order valence-corrected chi connectivity index (χ2v) is 34.5. The fourth-order valence-electron chi connectivity index (χ4n) is 13.6. The van der Waals surface area contributed by atoms with E-state index in [2.05, 4.69) is 87.1 Å². The second kappa shape index (κ2) is 34.5. The molecule has 26 heteroatoms. The van der Waals surface area contributed by atoms with Crippen molar-refractivity contribution in [2.75, 3.05) is 26.4 Å². The van der Waals surface area contributed by atoms with Gasteiger partial charge in [-0.3, -0.25) is 0 Å². The van der Waals surface area contributed by atoms with Gasteiger partial charge in [-0.15, -0.1) is 0 Å². The van der Waals surface area contributed by atoms with Gasteiger partial charge in [0.2, 0.25) is 0 Å². The van der Waals surface area contributed by atoms with Crippen LogP contribution in [0, 0.1) is 26.4 Å². The molecule has 0 spiro atoms. The maximum atomic E-state index is 13.9. The Morgan fingerprint density at radius 2 is 0.754 bits per heavy atom. The summed E-state index contributed by atoms with van der Waals surface area (Å²) in [6.07, 6.45) is 9.94. The van der Waals surface area contributed by atoms with Crippen LogP contribution in [0.5, 0.6) is 11.5 Å². The van der Waals surface area contributed by atoms with Gasteiger partial charge < -0.3 is 23.9 Å². The van der Waals surface area contributed by atoms with Crippen LogP contribution in [-0.2, 0) is 39.5 Å². The molecule has 114 heavy (non-hydrogen) atoms. The number of fused-ring (bicyclic) bond motifs is 4. The zero-order valence-electron chi connectivity index (χ0n) is 60.5. The van der Waals surface area contributed by atoms with Crippen molar-refractivity contribution in [3.8, 4) is 79.7 Å². The van der Waals surface area contributed by atoms with Crippen LogP contribution in [0.25, 0.3) is 100 Å². The van der Waals surface area contributed by atoms with Gasteiger partial charge in [0.05, 0.1) is 67.3 Å². The number of aromatic nitrogens is 8. The molecule has 10 heterocycles. The van der Waals surface area contributed by atoms with E-state index in [1.54, 1.807) is 140 Å². The number of rotatable bonds is 15. The van der Waals surface area contributed by atoms with Crippen LogP contribution in [0.1, 0.15) is 36.8 Å². The molecule has 0 atom stereocenters. The Hall–Kier alpha value is -11.4. The molecule has 2 saturated heterocycles. The summed E-state index contributed by atoms with van der Waals surface area (Å²) < 4.78 is 109. The molecule has 2 aliphatic heterocycles. The Morgan fingerprint density at radius 3 is 1.19 bits per heavy atom. The van der Waals surface area contributed by atoms with Gasteiger partial charge in [0.25, 0.3) is 30.1 Å². The molecule has 0 unspecified atom stereocenters. The van der Waals surface area contributed by atoms with Gasteiger partial charge in [-0.25, -0.2) is 57.1 Å². The molecule has 0 aliphatic carbocycles. The molecule has 2 fully saturated rings. The lowest BCUT2D eigenvalue weighted by Gasteiger charge is -2.24. The summed E-state index contributed by atoms with van der Waals surface area (Å²) in [5.41, 5.74) is 11.3. The maximum Gasteiger partial charge on any atom is 0.270 e. The fraction of sp³-hybridized carbons (Fsp3) is 0.114. The van der Waals surface area contributed by atoms with Crippen molar-refractivity contribution >= 4 is 129 Å². The maximum absolute atomic E-state index is 13.9. The Kier molecular flexibility index (Phi) is 23.6. The van der Waals surface area contributed by atoms with Crippen LogP contribution >= 0.6 is 54.5 Å². The summed E-state index contributed by atoms with van der Waals surface area (Å²) in [6, 6.07) is 85.0. The lowest BCUT2D eigenvalue weighted by Crippen LogP contribution is -2.26. The van der Waals surface area contributed by atoms with Crippen LogP contribution in [0.3, 0.4) is 0 Å². The third-order valence-electron chi connectivity index (χ3n) is 19.2. The topological polar surface area (TPSA) is 269 Å². The number of nitrogens with zero attached hydrogens (tertiary/aromatic N) is 9. The highest BCUT2D eigenvalue weighted by atomic mass is 127. The Bertz CT molecular complexity index is 6640. The Morgan fingerprint density at radius 1 is 0.395 bits per heavy atom. The number of hydrogen-bond donors (Lipinski definition) is 1. The van der Waals surface area contributed by atoms with E-state index in [1.165, 1.54) is 11.9 Å². The summed E-state index contributed by atoms with van der Waals surface area (Å²) in [5, 5.41) is 22.8. The van der Waals surface area contributed by atoms with Gasteiger partial charge in [-0.1, -0.05) is 158 Å². The van der Waals surface area contributed by atoms with Crippen LogP contribution in [0.2, 0.25) is 0 Å². The second-order valence-electron chi connectivity index (χ2n) is 26.3. The van der Waals surface area contributed by atoms with E-state index in [1.807, 2.05) is 156 Å². The SMILES string of the molecule is N#Cc1cc(-c2ccnc3[nH]c(-c4ccccc4)cc23)ccc1OC1CCOCC1.N#Cc1cc(-c2ccnc3c2cc(-c2ccccc2)n3S(=O)(=O)c2ccccc2)ccc1OC1CCOCC1.O=S(=O)(c1ccccc1)n1c(-c2ccccc2)cc2c(Br)ccnc21.O=S(=O)(c1ccccc1)n1c(I)cc2c(Br)ccnc21. The molecule has 2 aliphatic rings. The first-order chi connectivity index (χ1) is 55.5. The van der Waals surface area contributed by atoms with Crippen molar-refractivity contribution in [2.24, 2.45) is 0 Å². The zero-order chi connectivity index (χ0) is 78.9. The molecule has 16 aromatic rings. The first-order valence-electron chi connectivity index (χ1n) is 36.1. The average Bonchev–Trinajstić information content (AvgIpc) is 1.59. The van der Waals surface area contributed by atoms with Crippen molar-refractivity contribution < 1.29 is 44.2 Å². The minimum atomic E-state index is -3.96. The molecule has 8 aromatic carbocycles. The number of aromatic amines is 1. The first kappa shape index (κ1) is 77.9. The summed E-state index contributed by atoms with van der Waals surface area (Å²) in [4.78, 5) is 21.6. The van der Waals surface area contributed by atoms with Crippen LogP contribution in [0.4, 0.5) is 0 Å². The molecule has 1 N–H and O–H groups in total. The normalized spacial score (nSPS) is 13.3. The first-order valence-corrected chi connectivity index (χ1v) is 43.1. The highest BCUT2D eigenvalue weighted by Crippen LogP contribution is 2.41. The van der Waals surface area contributed by atoms with Crippen molar-refractivity contribution in [1.82, 2.24) is 36.8 Å². The molecule has 568 valence electrons. The Labute approximate surface area is 688 Å². The lowest BCUT2D eigenvalue weighted by molar-refractivity contribution is 0.0252. The number of halogens is 3. The van der Waals surface area contributed by atoms with Gasteiger partial charge in [0.1, 0.15) is 41.5 Å². The van der Waals surface area contributed by atoms with Crippen LogP contribution in [-0.4, -0.2) is 101 Å². The largest absolute Gasteiger partial charge is 0.489 e. The molecule has 0 saturated carbocycles. The van der Waals surface area contributed by atoms with E-state index in [4.69, 9.17) is 18.9 Å². The smallest absolute Gasteiger partial charge is 0.270 e. The van der Waals surface area contributed by atoms with E-state index < -0.39 is 30.1 Å². The fourth-order valence-corrected chi connectivity index (χ4v) is 20.1. The monoisotopic (exact) mass is 1800 g/mol. The van der Waals surface area contributed by atoms with Crippen molar-refractivity contribution in [3.63, 3.8) is 0 Å². The highest BCUT2D eigenvalue weighted by molar-refractivity contribution is 14.1. The molecule has 0 bridgehead atoms. The van der Waals surface area contributed by atoms with Crippen LogP contribution < -0.4 is 9.47 Å². The van der Waals surface area contributed by atoms with E-state index >= 15 is 0 Å². The minimum Gasteiger partial charge on any atom is -0.489 e. The molecule has 20 nitrogen and oxygen atoms in total. The zero-order valence-corrected chi connectivity index (χ0v) is 68.3. The van der Waals surface area contributed by atoms with E-state index in [9.17, 15) is 35.8 Å². The van der Waals surface area contributed by atoms with Gasteiger partial charge in [-0.2, -0.15) is 10.5 Å². The number of benzene rings is 8. The predicted molar refractivity (Wildman–Crippen MR) is 456 cm³/mol. The third-order valence-corrected chi connectivity index (χ3v) is 26.8.